The lowest BCUT2D eigenvalue weighted by molar-refractivity contribution is -0.385. The van der Waals surface area contributed by atoms with E-state index in [9.17, 15) is 24.8 Å². The summed E-state index contributed by atoms with van der Waals surface area (Å²) in [6.45, 7) is 1.89. The smallest absolute Gasteiger partial charge is 0.343 e. The predicted octanol–water partition coefficient (Wildman–Crippen LogP) is 3.25. The topological polar surface area (TPSA) is 107 Å². The molecule has 124 valence electrons. The maximum absolute atomic E-state index is 12.2. The highest BCUT2D eigenvalue weighted by Crippen LogP contribution is 2.24. The monoisotopic (exact) mass is 329 g/mol. The second-order valence-corrected chi connectivity index (χ2v) is 5.17. The van der Waals surface area contributed by atoms with Crippen molar-refractivity contribution >= 4 is 17.6 Å². The lowest BCUT2D eigenvalue weighted by atomic mass is 10.0. The summed E-state index contributed by atoms with van der Waals surface area (Å²) >= 11 is 0. The molecule has 0 heterocycles. The van der Waals surface area contributed by atoms with Crippen LogP contribution in [0.5, 0.6) is 0 Å². The fourth-order valence-electron chi connectivity index (χ4n) is 2.24. The Balaban J connectivity index is 2.20. The first-order chi connectivity index (χ1) is 11.4. The minimum absolute atomic E-state index is 0.0323. The van der Waals surface area contributed by atoms with Crippen LogP contribution in [0.15, 0.2) is 48.5 Å². The van der Waals surface area contributed by atoms with Crippen molar-refractivity contribution in [1.82, 2.24) is 0 Å². The van der Waals surface area contributed by atoms with Gasteiger partial charge >= 0.3 is 11.9 Å². The van der Waals surface area contributed by atoms with E-state index >= 15 is 0 Å². The van der Waals surface area contributed by atoms with E-state index < -0.39 is 28.1 Å². The Morgan fingerprint density at radius 3 is 2.42 bits per heavy atom. The summed E-state index contributed by atoms with van der Waals surface area (Å²) in [5.74, 6) is -2.55. The third-order valence-electron chi connectivity index (χ3n) is 3.51. The number of benzene rings is 2. The predicted molar refractivity (Wildman–Crippen MR) is 85.2 cm³/mol. The lowest BCUT2D eigenvalue weighted by Gasteiger charge is -2.13. The summed E-state index contributed by atoms with van der Waals surface area (Å²) in [7, 11) is 0. The number of ether oxygens (including phenoxy) is 1. The summed E-state index contributed by atoms with van der Waals surface area (Å²) in [4.78, 5) is 33.6. The number of esters is 1. The van der Waals surface area contributed by atoms with Crippen LogP contribution in [-0.2, 0) is 4.74 Å². The van der Waals surface area contributed by atoms with E-state index in [1.54, 1.807) is 0 Å². The van der Waals surface area contributed by atoms with Crippen LogP contribution >= 0.6 is 0 Å². The number of nitrogens with zero attached hydrogens (tertiary/aromatic N) is 1. The zero-order valence-corrected chi connectivity index (χ0v) is 12.8. The quantitative estimate of drug-likeness (QED) is 0.495. The van der Waals surface area contributed by atoms with Crippen molar-refractivity contribution in [2.24, 2.45) is 0 Å². The molecule has 2 aromatic rings. The van der Waals surface area contributed by atoms with E-state index in [1.807, 2.05) is 37.3 Å². The molecule has 0 saturated carbocycles. The molecular weight excluding hydrogens is 314 g/mol. The average Bonchev–Trinajstić information content (AvgIpc) is 2.59. The van der Waals surface area contributed by atoms with Gasteiger partial charge in [-0.25, -0.2) is 9.59 Å². The number of hydrogen-bond donors (Lipinski definition) is 1. The molecule has 0 amide bonds. The van der Waals surface area contributed by atoms with Gasteiger partial charge in [0.2, 0.25) is 0 Å². The number of carboxylic acid groups (broad SMARTS) is 1. The van der Waals surface area contributed by atoms with E-state index in [2.05, 4.69) is 0 Å². The van der Waals surface area contributed by atoms with Crippen LogP contribution in [0.3, 0.4) is 0 Å². The van der Waals surface area contributed by atoms with Crippen molar-refractivity contribution < 1.29 is 24.4 Å². The highest BCUT2D eigenvalue weighted by molar-refractivity contribution is 6.05. The molecule has 7 nitrogen and oxygen atoms in total. The first-order valence-electron chi connectivity index (χ1n) is 7.14. The molecule has 0 radical (unpaired) electrons. The normalized spacial score (nSPS) is 11.5. The maximum atomic E-state index is 12.2. The van der Waals surface area contributed by atoms with Crippen molar-refractivity contribution in [2.45, 2.75) is 12.8 Å². The summed E-state index contributed by atoms with van der Waals surface area (Å²) < 4.78 is 5.14. The van der Waals surface area contributed by atoms with Crippen LogP contribution in [0.2, 0.25) is 0 Å². The second-order valence-electron chi connectivity index (χ2n) is 5.17. The molecule has 0 saturated heterocycles. The number of hydrogen-bond acceptors (Lipinski definition) is 5. The highest BCUT2D eigenvalue weighted by atomic mass is 16.6. The standard InChI is InChI=1S/C17H15NO6/c1-11(12-6-3-2-4-7-12)10-24-17(21)13-8-5-9-14(18(22)23)15(13)16(19)20/h2-9,11H,10H2,1H3,(H,19,20). The molecule has 0 spiro atoms. The molecule has 24 heavy (non-hydrogen) atoms. The molecule has 2 aromatic carbocycles. The minimum Gasteiger partial charge on any atom is -0.477 e. The van der Waals surface area contributed by atoms with E-state index in [4.69, 9.17) is 4.74 Å². The number of carbonyl (C=O) groups is 2. The van der Waals surface area contributed by atoms with Gasteiger partial charge in [0, 0.05) is 12.0 Å². The van der Waals surface area contributed by atoms with Gasteiger partial charge in [-0.2, -0.15) is 0 Å². The molecule has 0 aliphatic rings. The molecule has 1 atom stereocenters. The molecule has 1 N–H and O–H groups in total. The summed E-state index contributed by atoms with van der Waals surface area (Å²) in [6, 6.07) is 12.8. The Morgan fingerprint density at radius 2 is 1.83 bits per heavy atom. The van der Waals surface area contributed by atoms with E-state index in [0.717, 1.165) is 11.6 Å². The first kappa shape index (κ1) is 17.1. The van der Waals surface area contributed by atoms with Gasteiger partial charge in [0.15, 0.2) is 5.56 Å². The van der Waals surface area contributed by atoms with Crippen molar-refractivity contribution in [3.63, 3.8) is 0 Å². The number of nitro benzene ring substituents is 1. The molecule has 0 aliphatic heterocycles. The molecule has 2 rings (SSSR count). The van der Waals surface area contributed by atoms with Gasteiger partial charge < -0.3 is 9.84 Å². The van der Waals surface area contributed by atoms with Gasteiger partial charge in [-0.3, -0.25) is 10.1 Å². The Labute approximate surface area is 137 Å². The fourth-order valence-corrected chi connectivity index (χ4v) is 2.24. The van der Waals surface area contributed by atoms with Gasteiger partial charge in [0.1, 0.15) is 0 Å². The van der Waals surface area contributed by atoms with E-state index in [0.29, 0.717) is 0 Å². The molecular formula is C17H15NO6. The zero-order valence-electron chi connectivity index (χ0n) is 12.8. The third-order valence-corrected chi connectivity index (χ3v) is 3.51. The highest BCUT2D eigenvalue weighted by Gasteiger charge is 2.27. The SMILES string of the molecule is CC(COC(=O)c1cccc([N+](=O)[O-])c1C(=O)O)c1ccccc1. The maximum Gasteiger partial charge on any atom is 0.343 e. The van der Waals surface area contributed by atoms with Crippen molar-refractivity contribution in [3.05, 3.63) is 75.3 Å². The van der Waals surface area contributed by atoms with Crippen LogP contribution in [-0.4, -0.2) is 28.6 Å². The van der Waals surface area contributed by atoms with Crippen LogP contribution in [0.25, 0.3) is 0 Å². The number of rotatable bonds is 6. The van der Waals surface area contributed by atoms with E-state index in [-0.39, 0.29) is 18.1 Å². The molecule has 7 heteroatoms. The Hall–Kier alpha value is -3.22. The molecule has 0 aliphatic carbocycles. The van der Waals surface area contributed by atoms with Gasteiger partial charge in [0.05, 0.1) is 17.1 Å². The largest absolute Gasteiger partial charge is 0.477 e. The summed E-state index contributed by atoms with van der Waals surface area (Å²) in [5.41, 5.74) is -0.687. The van der Waals surface area contributed by atoms with Crippen LogP contribution < -0.4 is 0 Å². The Morgan fingerprint density at radius 1 is 1.17 bits per heavy atom. The van der Waals surface area contributed by atoms with Crippen LogP contribution in [0, 0.1) is 10.1 Å². The van der Waals surface area contributed by atoms with Crippen molar-refractivity contribution in [3.8, 4) is 0 Å². The minimum atomic E-state index is -1.55. The number of nitro groups is 1. The molecule has 1 unspecified atom stereocenters. The van der Waals surface area contributed by atoms with Gasteiger partial charge in [0.25, 0.3) is 5.69 Å². The Bertz CT molecular complexity index is 772. The third kappa shape index (κ3) is 3.75. The number of carbonyl (C=O) groups excluding carboxylic acids is 1. The van der Waals surface area contributed by atoms with Crippen molar-refractivity contribution in [1.29, 1.82) is 0 Å². The van der Waals surface area contributed by atoms with E-state index in [1.165, 1.54) is 12.1 Å². The number of carboxylic acids is 1. The first-order valence-corrected chi connectivity index (χ1v) is 7.14. The summed E-state index contributed by atoms with van der Waals surface area (Å²) in [5, 5.41) is 20.1. The molecule has 0 fully saturated rings. The average molecular weight is 329 g/mol. The van der Waals surface area contributed by atoms with Crippen LogP contribution in [0.4, 0.5) is 5.69 Å². The zero-order chi connectivity index (χ0) is 17.7. The van der Waals surface area contributed by atoms with Crippen LogP contribution in [0.1, 0.15) is 39.1 Å². The van der Waals surface area contributed by atoms with Gasteiger partial charge in [-0.15, -0.1) is 0 Å². The number of aromatic carboxylic acids is 1. The lowest BCUT2D eigenvalue weighted by Crippen LogP contribution is -2.16. The van der Waals surface area contributed by atoms with Gasteiger partial charge in [-0.05, 0) is 11.6 Å². The molecule has 0 aromatic heterocycles. The fraction of sp³-hybridized carbons (Fsp3) is 0.176. The second kappa shape index (κ2) is 7.36. The van der Waals surface area contributed by atoms with Gasteiger partial charge in [-0.1, -0.05) is 43.3 Å². The van der Waals surface area contributed by atoms with Crippen molar-refractivity contribution in [2.75, 3.05) is 6.61 Å². The Kier molecular flexibility index (Phi) is 5.26. The summed E-state index contributed by atoms with van der Waals surface area (Å²) in [6.07, 6.45) is 0. The molecule has 0 bridgehead atoms.